The molecule has 36 heavy (non-hydrogen) atoms. The summed E-state index contributed by atoms with van der Waals surface area (Å²) >= 11 is 1.17. The van der Waals surface area contributed by atoms with Gasteiger partial charge in [0.25, 0.3) is 5.95 Å². The van der Waals surface area contributed by atoms with Gasteiger partial charge in [0.15, 0.2) is 21.8 Å². The number of amides is 1. The second-order valence-corrected chi connectivity index (χ2v) is 8.31. The van der Waals surface area contributed by atoms with Gasteiger partial charge in [-0.15, -0.1) is 10.2 Å². The molecule has 0 atom stereocenters. The van der Waals surface area contributed by atoms with Gasteiger partial charge in [-0.25, -0.2) is 14.8 Å². The van der Waals surface area contributed by atoms with E-state index in [9.17, 15) is 14.9 Å². The molecule has 0 saturated carbocycles. The average Bonchev–Trinajstić information content (AvgIpc) is 3.57. The lowest BCUT2D eigenvalue weighted by Crippen LogP contribution is -2.10. The van der Waals surface area contributed by atoms with Crippen LogP contribution in [0.4, 0.5) is 27.5 Å². The van der Waals surface area contributed by atoms with Crippen LogP contribution in [0, 0.1) is 11.3 Å². The van der Waals surface area contributed by atoms with E-state index in [0.717, 1.165) is 5.69 Å². The predicted octanol–water partition coefficient (Wildman–Crippen LogP) is 3.30. The van der Waals surface area contributed by atoms with E-state index in [1.54, 1.807) is 30.1 Å². The van der Waals surface area contributed by atoms with Crippen molar-refractivity contribution in [3.63, 3.8) is 0 Å². The summed E-state index contributed by atoms with van der Waals surface area (Å²) in [6, 6.07) is 9.07. The van der Waals surface area contributed by atoms with Gasteiger partial charge in [0.05, 0.1) is 17.2 Å². The van der Waals surface area contributed by atoms with Crippen molar-refractivity contribution in [1.82, 2.24) is 34.7 Å². The van der Waals surface area contributed by atoms with Crippen LogP contribution in [-0.2, 0) is 4.79 Å². The number of hydrogen-bond acceptors (Lipinski definition) is 11. The van der Waals surface area contributed by atoms with Crippen LogP contribution in [0.5, 0.6) is 0 Å². The molecule has 0 radical (unpaired) electrons. The fourth-order valence-electron chi connectivity index (χ4n) is 3.26. The molecule has 0 aliphatic carbocycles. The Hall–Kier alpha value is -5.23. The number of hydrogen-bond donors (Lipinski definition) is 3. The van der Waals surface area contributed by atoms with Gasteiger partial charge in [0, 0.05) is 32.1 Å². The number of benzene rings is 1. The number of nitriles is 1. The molecule has 5 rings (SSSR count). The maximum absolute atomic E-state index is 11.8. The van der Waals surface area contributed by atoms with Crippen molar-refractivity contribution in [2.24, 2.45) is 10.2 Å². The number of carbonyl (C=O) groups excluding carboxylic acids is 1. The predicted molar refractivity (Wildman–Crippen MR) is 131 cm³/mol. The average molecular weight is 501 g/mol. The maximum Gasteiger partial charge on any atom is 0.323 e. The molecule has 0 unspecified atom stereocenters. The summed E-state index contributed by atoms with van der Waals surface area (Å²) < 4.78 is 1.29. The third-order valence-corrected chi connectivity index (χ3v) is 5.92. The topological polar surface area (TPSA) is 186 Å². The molecule has 0 bridgehead atoms. The van der Waals surface area contributed by atoms with E-state index in [1.165, 1.54) is 41.5 Å². The quantitative estimate of drug-likeness (QED) is 0.296. The van der Waals surface area contributed by atoms with Gasteiger partial charge in [0.1, 0.15) is 11.6 Å². The van der Waals surface area contributed by atoms with E-state index in [4.69, 9.17) is 0 Å². The zero-order valence-corrected chi connectivity index (χ0v) is 19.6. The standard InChI is InChI=1S/C21H16N12O2S/c1-11(34)26-16-18(31-30-17-12(9-22)10-25-33(17)19-23-6-3-7-24-19)36-21(29-16)32(2)13-4-5-14-15(8-13)28-20(35)27-14/h3-8,10H,1-2H3,(H,26,34)(H2,27,28,35). The highest BCUT2D eigenvalue weighted by Crippen LogP contribution is 2.40. The van der Waals surface area contributed by atoms with Gasteiger partial charge >= 0.3 is 5.69 Å². The van der Waals surface area contributed by atoms with E-state index >= 15 is 0 Å². The van der Waals surface area contributed by atoms with Crippen molar-refractivity contribution in [2.45, 2.75) is 6.92 Å². The number of fused-ring (bicyclic) bond motifs is 1. The number of aromatic nitrogens is 7. The first-order valence-electron chi connectivity index (χ1n) is 10.3. The summed E-state index contributed by atoms with van der Waals surface area (Å²) in [4.78, 5) is 43.4. The van der Waals surface area contributed by atoms with Gasteiger partial charge in [-0.05, 0) is 24.3 Å². The van der Waals surface area contributed by atoms with Crippen LogP contribution >= 0.6 is 11.3 Å². The van der Waals surface area contributed by atoms with E-state index in [0.29, 0.717) is 21.2 Å². The number of aromatic amines is 2. The number of H-pyrrole nitrogens is 2. The monoisotopic (exact) mass is 500 g/mol. The number of imidazole rings is 1. The van der Waals surface area contributed by atoms with Crippen LogP contribution in [-0.4, -0.2) is 47.7 Å². The second kappa shape index (κ2) is 9.19. The highest BCUT2D eigenvalue weighted by atomic mass is 32.1. The largest absolute Gasteiger partial charge is 0.323 e. The minimum absolute atomic E-state index is 0.127. The lowest BCUT2D eigenvalue weighted by molar-refractivity contribution is -0.114. The number of anilines is 3. The lowest BCUT2D eigenvalue weighted by atomic mass is 10.2. The molecule has 3 N–H and O–H groups in total. The summed E-state index contributed by atoms with van der Waals surface area (Å²) in [7, 11) is 1.79. The first-order chi connectivity index (χ1) is 17.4. The third kappa shape index (κ3) is 4.31. The number of carbonyl (C=O) groups is 1. The highest BCUT2D eigenvalue weighted by molar-refractivity contribution is 7.19. The zero-order chi connectivity index (χ0) is 25.2. The Kier molecular flexibility index (Phi) is 5.76. The third-order valence-electron chi connectivity index (χ3n) is 4.91. The molecule has 178 valence electrons. The van der Waals surface area contributed by atoms with Crippen LogP contribution < -0.4 is 15.9 Å². The van der Waals surface area contributed by atoms with E-state index in [2.05, 4.69) is 45.6 Å². The molecular weight excluding hydrogens is 484 g/mol. The van der Waals surface area contributed by atoms with Crippen molar-refractivity contribution >= 4 is 55.7 Å². The van der Waals surface area contributed by atoms with Crippen molar-refractivity contribution in [1.29, 1.82) is 5.26 Å². The normalized spacial score (nSPS) is 11.1. The molecule has 0 aliphatic heterocycles. The smallest absolute Gasteiger partial charge is 0.321 e. The van der Waals surface area contributed by atoms with Gasteiger partial charge in [-0.2, -0.15) is 20.0 Å². The van der Waals surface area contributed by atoms with Crippen molar-refractivity contribution in [2.75, 3.05) is 17.3 Å². The summed E-state index contributed by atoms with van der Waals surface area (Å²) in [5.41, 5.74) is 1.94. The molecule has 14 nitrogen and oxygen atoms in total. The minimum Gasteiger partial charge on any atom is -0.321 e. The van der Waals surface area contributed by atoms with Gasteiger partial charge in [0.2, 0.25) is 5.91 Å². The molecule has 1 amide bonds. The summed E-state index contributed by atoms with van der Waals surface area (Å²) in [5.74, 6) is 0.216. The van der Waals surface area contributed by atoms with E-state index < -0.39 is 0 Å². The molecule has 1 aromatic carbocycles. The van der Waals surface area contributed by atoms with Crippen molar-refractivity contribution in [3.8, 4) is 12.0 Å². The number of nitrogens with zero attached hydrogens (tertiary/aromatic N) is 9. The fraction of sp³-hybridized carbons (Fsp3) is 0.0952. The molecule has 5 aromatic rings. The fourth-order valence-corrected chi connectivity index (χ4v) is 4.08. The number of rotatable bonds is 6. The molecule has 0 fully saturated rings. The van der Waals surface area contributed by atoms with Gasteiger partial charge in [-0.1, -0.05) is 11.3 Å². The Balaban J connectivity index is 1.53. The minimum atomic E-state index is -0.335. The number of nitrogens with one attached hydrogen (secondary N) is 3. The Morgan fingerprint density at radius 2 is 2.00 bits per heavy atom. The second-order valence-electron chi connectivity index (χ2n) is 7.35. The van der Waals surface area contributed by atoms with Crippen LogP contribution in [0.2, 0.25) is 0 Å². The number of azo groups is 1. The van der Waals surface area contributed by atoms with Gasteiger partial charge in [-0.3, -0.25) is 4.79 Å². The molecular formula is C21H16N12O2S. The van der Waals surface area contributed by atoms with Crippen LogP contribution in [0.1, 0.15) is 12.5 Å². The zero-order valence-electron chi connectivity index (χ0n) is 18.8. The lowest BCUT2D eigenvalue weighted by Gasteiger charge is -2.15. The molecule has 4 heterocycles. The first-order valence-corrected chi connectivity index (χ1v) is 11.2. The SMILES string of the molecule is CC(=O)Nc1nc(N(C)c2ccc3[nH]c(=O)[nH]c3c2)sc1N=Nc1c(C#N)cnn1-c1ncccn1. The van der Waals surface area contributed by atoms with Crippen molar-refractivity contribution < 1.29 is 4.79 Å². The van der Waals surface area contributed by atoms with E-state index in [-0.39, 0.29) is 34.7 Å². The van der Waals surface area contributed by atoms with Crippen LogP contribution in [0.25, 0.3) is 17.0 Å². The molecule has 0 saturated heterocycles. The van der Waals surface area contributed by atoms with Crippen LogP contribution in [0.3, 0.4) is 0 Å². The van der Waals surface area contributed by atoms with E-state index in [1.807, 2.05) is 12.1 Å². The first kappa shape index (κ1) is 22.6. The molecule has 15 heteroatoms. The molecule has 4 aromatic heterocycles. The highest BCUT2D eigenvalue weighted by Gasteiger charge is 2.19. The Morgan fingerprint density at radius 1 is 1.22 bits per heavy atom. The van der Waals surface area contributed by atoms with Gasteiger partial charge < -0.3 is 20.2 Å². The molecule has 0 aliphatic rings. The summed E-state index contributed by atoms with van der Waals surface area (Å²) in [6.45, 7) is 1.36. The Morgan fingerprint density at radius 3 is 2.75 bits per heavy atom. The maximum atomic E-state index is 11.8. The van der Waals surface area contributed by atoms with Crippen molar-refractivity contribution in [3.05, 3.63) is 58.9 Å². The number of thiazole rings is 1. The Labute approximate surface area is 206 Å². The summed E-state index contributed by atoms with van der Waals surface area (Å²) in [6.07, 6.45) is 4.42. The Bertz CT molecular complexity index is 1710. The summed E-state index contributed by atoms with van der Waals surface area (Å²) in [5, 5.41) is 25.6. The molecule has 0 spiro atoms. The van der Waals surface area contributed by atoms with Crippen LogP contribution in [0.15, 0.2) is 57.9 Å².